The van der Waals surface area contributed by atoms with Crippen molar-refractivity contribution < 1.29 is 9.84 Å². The van der Waals surface area contributed by atoms with Crippen LogP contribution in [0.3, 0.4) is 0 Å². The Morgan fingerprint density at radius 3 is 2.47 bits per heavy atom. The van der Waals surface area contributed by atoms with Crippen LogP contribution in [0.25, 0.3) is 0 Å². The Hall–Kier alpha value is -0.120. The molecule has 3 nitrogen and oxygen atoms in total. The molecule has 0 atom stereocenters. The summed E-state index contributed by atoms with van der Waals surface area (Å²) >= 11 is 0. The zero-order valence-electron chi connectivity index (χ0n) is 9.74. The Bertz CT molecular complexity index is 198. The van der Waals surface area contributed by atoms with Crippen LogP contribution >= 0.6 is 0 Å². The maximum atomic E-state index is 9.61. The van der Waals surface area contributed by atoms with Gasteiger partial charge in [-0.1, -0.05) is 6.92 Å². The van der Waals surface area contributed by atoms with Gasteiger partial charge in [-0.15, -0.1) is 0 Å². The van der Waals surface area contributed by atoms with Gasteiger partial charge in [0.2, 0.25) is 0 Å². The highest BCUT2D eigenvalue weighted by molar-refractivity contribution is 4.90. The first-order valence-electron chi connectivity index (χ1n) is 6.22. The summed E-state index contributed by atoms with van der Waals surface area (Å²) in [6.45, 7) is 6.37. The first-order valence-corrected chi connectivity index (χ1v) is 6.22. The molecular formula is C12H23NO2. The minimum atomic E-state index is 0.122. The van der Waals surface area contributed by atoms with Gasteiger partial charge in [-0.2, -0.15) is 0 Å². The summed E-state index contributed by atoms with van der Waals surface area (Å²) in [6.07, 6.45) is 4.75. The van der Waals surface area contributed by atoms with Crippen LogP contribution in [0, 0.1) is 5.41 Å². The summed E-state index contributed by atoms with van der Waals surface area (Å²) < 4.78 is 5.39. The molecule has 0 spiro atoms. The molecule has 2 rings (SSSR count). The van der Waals surface area contributed by atoms with Crippen molar-refractivity contribution in [2.24, 2.45) is 5.41 Å². The lowest BCUT2D eigenvalue weighted by molar-refractivity contribution is -0.0348. The normalized spacial score (nSPS) is 25.8. The fourth-order valence-corrected chi connectivity index (χ4v) is 2.54. The van der Waals surface area contributed by atoms with Gasteiger partial charge in [-0.05, 0) is 32.2 Å². The minimum Gasteiger partial charge on any atom is -0.396 e. The maximum absolute atomic E-state index is 9.61. The fourth-order valence-electron chi connectivity index (χ4n) is 2.54. The molecule has 3 heteroatoms. The topological polar surface area (TPSA) is 32.7 Å². The van der Waals surface area contributed by atoms with E-state index < -0.39 is 0 Å². The van der Waals surface area contributed by atoms with E-state index in [-0.39, 0.29) is 5.41 Å². The van der Waals surface area contributed by atoms with E-state index in [1.165, 1.54) is 12.8 Å². The van der Waals surface area contributed by atoms with Crippen LogP contribution in [0.2, 0.25) is 0 Å². The number of aliphatic hydroxyl groups excluding tert-OH is 1. The number of ether oxygens (including phenoxy) is 1. The Labute approximate surface area is 92.4 Å². The average molecular weight is 213 g/mol. The molecular weight excluding hydrogens is 190 g/mol. The first-order chi connectivity index (χ1) is 7.29. The summed E-state index contributed by atoms with van der Waals surface area (Å²) in [6, 6.07) is 0.807. The second kappa shape index (κ2) is 4.81. The standard InChI is InChI=1S/C12H23NO2/c1-2-13(11-3-4-11)9-12(10-14)5-7-15-8-6-12/h11,14H,2-10H2,1H3. The van der Waals surface area contributed by atoms with E-state index in [1.54, 1.807) is 0 Å². The van der Waals surface area contributed by atoms with Gasteiger partial charge in [0.05, 0.1) is 6.61 Å². The lowest BCUT2D eigenvalue weighted by atomic mass is 9.80. The molecule has 0 amide bonds. The molecule has 15 heavy (non-hydrogen) atoms. The molecule has 1 heterocycles. The van der Waals surface area contributed by atoms with E-state index in [9.17, 15) is 5.11 Å². The Kier molecular flexibility index (Phi) is 3.65. The molecule has 2 fully saturated rings. The fraction of sp³-hybridized carbons (Fsp3) is 1.00. The highest BCUT2D eigenvalue weighted by atomic mass is 16.5. The smallest absolute Gasteiger partial charge is 0.0501 e. The molecule has 1 N–H and O–H groups in total. The zero-order valence-corrected chi connectivity index (χ0v) is 9.74. The van der Waals surface area contributed by atoms with Crippen molar-refractivity contribution in [2.75, 3.05) is 32.9 Å². The Morgan fingerprint density at radius 2 is 2.00 bits per heavy atom. The lowest BCUT2D eigenvalue weighted by Crippen LogP contribution is -2.44. The van der Waals surface area contributed by atoms with Crippen molar-refractivity contribution in [1.82, 2.24) is 4.90 Å². The third kappa shape index (κ3) is 2.71. The average Bonchev–Trinajstić information content (AvgIpc) is 3.11. The summed E-state index contributed by atoms with van der Waals surface area (Å²) in [4.78, 5) is 2.54. The quantitative estimate of drug-likeness (QED) is 0.746. The van der Waals surface area contributed by atoms with Crippen molar-refractivity contribution in [2.45, 2.75) is 38.6 Å². The van der Waals surface area contributed by atoms with Gasteiger partial charge in [-0.3, -0.25) is 0 Å². The van der Waals surface area contributed by atoms with Gasteiger partial charge in [-0.25, -0.2) is 0 Å². The Balaban J connectivity index is 1.92. The third-order valence-electron chi connectivity index (χ3n) is 3.90. The molecule has 0 aromatic heterocycles. The monoisotopic (exact) mass is 213 g/mol. The summed E-state index contributed by atoms with van der Waals surface area (Å²) in [5.41, 5.74) is 0.122. The predicted octanol–water partition coefficient (Wildman–Crippen LogP) is 1.26. The van der Waals surface area contributed by atoms with Crippen LogP contribution in [0.1, 0.15) is 32.6 Å². The second-order valence-electron chi connectivity index (χ2n) is 5.06. The van der Waals surface area contributed by atoms with Gasteiger partial charge >= 0.3 is 0 Å². The summed E-state index contributed by atoms with van der Waals surface area (Å²) in [7, 11) is 0. The highest BCUT2D eigenvalue weighted by Crippen LogP contribution is 2.35. The van der Waals surface area contributed by atoms with E-state index in [1.807, 2.05) is 0 Å². The van der Waals surface area contributed by atoms with Gasteiger partial charge in [0.25, 0.3) is 0 Å². The highest BCUT2D eigenvalue weighted by Gasteiger charge is 2.37. The largest absolute Gasteiger partial charge is 0.396 e. The van der Waals surface area contributed by atoms with Crippen LogP contribution in [0.4, 0.5) is 0 Å². The van der Waals surface area contributed by atoms with Crippen LogP contribution in [-0.4, -0.2) is 49.0 Å². The van der Waals surface area contributed by atoms with E-state index in [0.717, 1.165) is 45.2 Å². The molecule has 0 aromatic carbocycles. The molecule has 0 aromatic rings. The first kappa shape index (κ1) is 11.4. The molecule has 88 valence electrons. The summed E-state index contributed by atoms with van der Waals surface area (Å²) in [5, 5.41) is 9.61. The van der Waals surface area contributed by atoms with E-state index in [0.29, 0.717) is 6.61 Å². The minimum absolute atomic E-state index is 0.122. The number of aliphatic hydroxyl groups is 1. The lowest BCUT2D eigenvalue weighted by Gasteiger charge is -2.39. The second-order valence-corrected chi connectivity index (χ2v) is 5.06. The molecule has 1 aliphatic carbocycles. The van der Waals surface area contributed by atoms with Gasteiger partial charge < -0.3 is 14.7 Å². The number of nitrogens with zero attached hydrogens (tertiary/aromatic N) is 1. The van der Waals surface area contributed by atoms with Crippen LogP contribution in [0.15, 0.2) is 0 Å². The van der Waals surface area contributed by atoms with E-state index >= 15 is 0 Å². The van der Waals surface area contributed by atoms with Crippen molar-refractivity contribution in [3.8, 4) is 0 Å². The van der Waals surface area contributed by atoms with Crippen molar-refractivity contribution in [3.05, 3.63) is 0 Å². The molecule has 1 saturated heterocycles. The molecule has 0 radical (unpaired) electrons. The van der Waals surface area contributed by atoms with Crippen molar-refractivity contribution in [1.29, 1.82) is 0 Å². The van der Waals surface area contributed by atoms with Crippen LogP contribution in [0.5, 0.6) is 0 Å². The zero-order chi connectivity index (χ0) is 10.7. The molecule has 0 bridgehead atoms. The van der Waals surface area contributed by atoms with Crippen LogP contribution in [-0.2, 0) is 4.74 Å². The van der Waals surface area contributed by atoms with Gasteiger partial charge in [0.1, 0.15) is 0 Å². The van der Waals surface area contributed by atoms with Crippen LogP contribution < -0.4 is 0 Å². The molecule has 1 saturated carbocycles. The van der Waals surface area contributed by atoms with E-state index in [4.69, 9.17) is 4.74 Å². The number of hydrogen-bond donors (Lipinski definition) is 1. The Morgan fingerprint density at radius 1 is 1.33 bits per heavy atom. The summed E-state index contributed by atoms with van der Waals surface area (Å²) in [5.74, 6) is 0. The number of hydrogen-bond acceptors (Lipinski definition) is 3. The maximum Gasteiger partial charge on any atom is 0.0501 e. The number of rotatable bonds is 5. The third-order valence-corrected chi connectivity index (χ3v) is 3.90. The van der Waals surface area contributed by atoms with Gasteiger partial charge in [0, 0.05) is 31.2 Å². The van der Waals surface area contributed by atoms with Gasteiger partial charge in [0.15, 0.2) is 0 Å². The van der Waals surface area contributed by atoms with E-state index in [2.05, 4.69) is 11.8 Å². The SMILES string of the molecule is CCN(CC1(CO)CCOCC1)C1CC1. The predicted molar refractivity (Wildman–Crippen MR) is 59.8 cm³/mol. The molecule has 2 aliphatic rings. The molecule has 1 aliphatic heterocycles. The van der Waals surface area contributed by atoms with Crippen molar-refractivity contribution in [3.63, 3.8) is 0 Å². The van der Waals surface area contributed by atoms with Crippen molar-refractivity contribution >= 4 is 0 Å². The molecule has 0 unspecified atom stereocenters.